The molecule has 1 nitrogen and oxygen atoms in total. The topological polar surface area (TPSA) is 26.0 Å². The second-order valence-electron chi connectivity index (χ2n) is 5.52. The largest absolute Gasteiger partial charge is 0.325 e. The first-order valence-electron chi connectivity index (χ1n) is 6.80. The van der Waals surface area contributed by atoms with Crippen LogP contribution in [0.2, 0.25) is 0 Å². The summed E-state index contributed by atoms with van der Waals surface area (Å²) in [5.41, 5.74) is 6.28. The van der Waals surface area contributed by atoms with E-state index >= 15 is 0 Å². The highest BCUT2D eigenvalue weighted by Crippen LogP contribution is 2.19. The SMILES string of the molecule is CCCC(C)(N)CCCCCC(C)CC. The number of hydrogen-bond acceptors (Lipinski definition) is 1. The molecule has 0 aliphatic carbocycles. The molecule has 0 aromatic rings. The van der Waals surface area contributed by atoms with Gasteiger partial charge in [0, 0.05) is 5.54 Å². The van der Waals surface area contributed by atoms with E-state index in [0.717, 1.165) is 5.92 Å². The van der Waals surface area contributed by atoms with Crippen LogP contribution in [-0.2, 0) is 0 Å². The quantitative estimate of drug-likeness (QED) is 0.561. The number of unbranched alkanes of at least 4 members (excludes halogenated alkanes) is 2. The van der Waals surface area contributed by atoms with Crippen molar-refractivity contribution in [3.8, 4) is 0 Å². The van der Waals surface area contributed by atoms with Crippen molar-refractivity contribution in [2.75, 3.05) is 0 Å². The molecule has 1 heteroatoms. The lowest BCUT2D eigenvalue weighted by atomic mass is 9.90. The van der Waals surface area contributed by atoms with Crippen molar-refractivity contribution >= 4 is 0 Å². The van der Waals surface area contributed by atoms with Gasteiger partial charge < -0.3 is 5.73 Å². The molecule has 0 fully saturated rings. The van der Waals surface area contributed by atoms with Gasteiger partial charge in [-0.25, -0.2) is 0 Å². The van der Waals surface area contributed by atoms with Crippen molar-refractivity contribution in [1.29, 1.82) is 0 Å². The van der Waals surface area contributed by atoms with Crippen LogP contribution < -0.4 is 5.73 Å². The third-order valence-corrected chi connectivity index (χ3v) is 3.46. The van der Waals surface area contributed by atoms with Crippen LogP contribution in [-0.4, -0.2) is 5.54 Å². The van der Waals surface area contributed by atoms with Gasteiger partial charge in [0.2, 0.25) is 0 Å². The molecule has 0 aromatic heterocycles. The summed E-state index contributed by atoms with van der Waals surface area (Å²) < 4.78 is 0. The maximum atomic E-state index is 6.20. The number of nitrogens with two attached hydrogens (primary N) is 1. The monoisotopic (exact) mass is 213 g/mol. The van der Waals surface area contributed by atoms with E-state index in [1.807, 2.05) is 0 Å². The molecule has 0 aliphatic rings. The Morgan fingerprint density at radius 1 is 1.07 bits per heavy atom. The zero-order valence-electron chi connectivity index (χ0n) is 11.3. The van der Waals surface area contributed by atoms with Gasteiger partial charge in [0.05, 0.1) is 0 Å². The summed E-state index contributed by atoms with van der Waals surface area (Å²) in [5.74, 6) is 0.907. The minimum atomic E-state index is 0.0884. The van der Waals surface area contributed by atoms with E-state index in [1.54, 1.807) is 0 Å². The van der Waals surface area contributed by atoms with Gasteiger partial charge in [0.25, 0.3) is 0 Å². The Hall–Kier alpha value is -0.0400. The first kappa shape index (κ1) is 15.0. The summed E-state index contributed by atoms with van der Waals surface area (Å²) in [5, 5.41) is 0. The number of hydrogen-bond donors (Lipinski definition) is 1. The highest BCUT2D eigenvalue weighted by Gasteiger charge is 2.15. The van der Waals surface area contributed by atoms with E-state index in [0.29, 0.717) is 0 Å². The first-order valence-corrected chi connectivity index (χ1v) is 6.80. The molecule has 0 aromatic carbocycles. The maximum absolute atomic E-state index is 6.20. The molecule has 15 heavy (non-hydrogen) atoms. The minimum Gasteiger partial charge on any atom is -0.325 e. The fourth-order valence-electron chi connectivity index (χ4n) is 2.10. The predicted octanol–water partition coefficient (Wildman–Crippen LogP) is 4.50. The van der Waals surface area contributed by atoms with Crippen molar-refractivity contribution in [1.82, 2.24) is 0 Å². The van der Waals surface area contributed by atoms with Crippen molar-refractivity contribution in [3.63, 3.8) is 0 Å². The molecule has 0 rings (SSSR count). The van der Waals surface area contributed by atoms with Crippen molar-refractivity contribution in [2.45, 2.75) is 84.6 Å². The zero-order chi connectivity index (χ0) is 11.7. The standard InChI is InChI=1S/C14H31N/c1-5-11-14(4,15)12-9-7-8-10-13(3)6-2/h13H,5-12,15H2,1-4H3. The Bertz CT molecular complexity index is 140. The molecular formula is C14H31N. The van der Waals surface area contributed by atoms with Crippen LogP contribution in [0, 0.1) is 5.92 Å². The Labute approximate surface area is 96.8 Å². The van der Waals surface area contributed by atoms with Crippen molar-refractivity contribution in [3.05, 3.63) is 0 Å². The van der Waals surface area contributed by atoms with Crippen LogP contribution in [0.25, 0.3) is 0 Å². The fourth-order valence-corrected chi connectivity index (χ4v) is 2.10. The van der Waals surface area contributed by atoms with Gasteiger partial charge in [-0.15, -0.1) is 0 Å². The molecule has 92 valence electrons. The minimum absolute atomic E-state index is 0.0884. The Morgan fingerprint density at radius 3 is 2.27 bits per heavy atom. The molecule has 0 bridgehead atoms. The molecule has 0 amide bonds. The summed E-state index contributed by atoms with van der Waals surface area (Å²) in [4.78, 5) is 0. The molecule has 0 heterocycles. The number of rotatable bonds is 9. The van der Waals surface area contributed by atoms with Crippen LogP contribution in [0.4, 0.5) is 0 Å². The molecule has 0 aliphatic heterocycles. The summed E-state index contributed by atoms with van der Waals surface area (Å²) in [6.07, 6.45) is 10.3. The first-order chi connectivity index (χ1) is 7.02. The van der Waals surface area contributed by atoms with E-state index in [2.05, 4.69) is 27.7 Å². The van der Waals surface area contributed by atoms with E-state index in [4.69, 9.17) is 5.73 Å². The van der Waals surface area contributed by atoms with Crippen LogP contribution in [0.3, 0.4) is 0 Å². The molecule has 2 unspecified atom stereocenters. The third-order valence-electron chi connectivity index (χ3n) is 3.46. The van der Waals surface area contributed by atoms with E-state index in [-0.39, 0.29) is 5.54 Å². The van der Waals surface area contributed by atoms with E-state index in [1.165, 1.54) is 51.4 Å². The van der Waals surface area contributed by atoms with Crippen molar-refractivity contribution in [2.24, 2.45) is 11.7 Å². The highest BCUT2D eigenvalue weighted by atomic mass is 14.7. The second kappa shape index (κ2) is 8.15. The molecule has 0 radical (unpaired) electrons. The predicted molar refractivity (Wildman–Crippen MR) is 70.0 cm³/mol. The van der Waals surface area contributed by atoms with Gasteiger partial charge >= 0.3 is 0 Å². The van der Waals surface area contributed by atoms with Crippen LogP contribution in [0.15, 0.2) is 0 Å². The van der Waals surface area contributed by atoms with Crippen LogP contribution >= 0.6 is 0 Å². The van der Waals surface area contributed by atoms with Crippen LogP contribution in [0.5, 0.6) is 0 Å². The zero-order valence-corrected chi connectivity index (χ0v) is 11.3. The Kier molecular flexibility index (Phi) is 8.13. The lowest BCUT2D eigenvalue weighted by molar-refractivity contribution is 0.372. The lowest BCUT2D eigenvalue weighted by Crippen LogP contribution is -2.35. The molecular weight excluding hydrogens is 182 g/mol. The average molecular weight is 213 g/mol. The van der Waals surface area contributed by atoms with Crippen molar-refractivity contribution < 1.29 is 0 Å². The fraction of sp³-hybridized carbons (Fsp3) is 1.00. The normalized spacial score (nSPS) is 17.4. The molecule has 2 atom stereocenters. The lowest BCUT2D eigenvalue weighted by Gasteiger charge is -2.23. The van der Waals surface area contributed by atoms with Gasteiger partial charge in [-0.1, -0.05) is 59.3 Å². The average Bonchev–Trinajstić information content (AvgIpc) is 2.16. The van der Waals surface area contributed by atoms with E-state index < -0.39 is 0 Å². The van der Waals surface area contributed by atoms with Crippen LogP contribution in [0.1, 0.15) is 79.1 Å². The summed E-state index contributed by atoms with van der Waals surface area (Å²) in [6, 6.07) is 0. The third kappa shape index (κ3) is 8.92. The highest BCUT2D eigenvalue weighted by molar-refractivity contribution is 4.77. The summed E-state index contributed by atoms with van der Waals surface area (Å²) in [7, 11) is 0. The van der Waals surface area contributed by atoms with E-state index in [9.17, 15) is 0 Å². The smallest absolute Gasteiger partial charge is 0.0125 e. The molecule has 0 spiro atoms. The second-order valence-corrected chi connectivity index (χ2v) is 5.52. The van der Waals surface area contributed by atoms with Gasteiger partial charge in [-0.3, -0.25) is 0 Å². The van der Waals surface area contributed by atoms with Gasteiger partial charge in [0.15, 0.2) is 0 Å². The summed E-state index contributed by atoms with van der Waals surface area (Å²) >= 11 is 0. The summed E-state index contributed by atoms with van der Waals surface area (Å²) in [6.45, 7) is 9.05. The van der Waals surface area contributed by atoms with Gasteiger partial charge in [-0.05, 0) is 25.7 Å². The maximum Gasteiger partial charge on any atom is 0.0125 e. The Morgan fingerprint density at radius 2 is 1.73 bits per heavy atom. The molecule has 0 saturated heterocycles. The Balaban J connectivity index is 3.37. The van der Waals surface area contributed by atoms with Gasteiger partial charge in [-0.2, -0.15) is 0 Å². The van der Waals surface area contributed by atoms with Gasteiger partial charge in [0.1, 0.15) is 0 Å². The molecule has 0 saturated carbocycles. The molecule has 2 N–H and O–H groups in total.